The van der Waals surface area contributed by atoms with Crippen molar-refractivity contribution in [1.82, 2.24) is 4.72 Å². The van der Waals surface area contributed by atoms with Crippen LogP contribution in [0.5, 0.6) is 0 Å². The van der Waals surface area contributed by atoms with Crippen LogP contribution in [0.2, 0.25) is 0 Å². The summed E-state index contributed by atoms with van der Waals surface area (Å²) < 4.78 is 30.4. The molecular weight excluding hydrogens is 280 g/mol. The molecule has 108 valence electrons. The average molecular weight is 296 g/mol. The quantitative estimate of drug-likeness (QED) is 0.755. The Morgan fingerprint density at radius 3 is 2.55 bits per heavy atom. The van der Waals surface area contributed by atoms with Gasteiger partial charge in [-0.25, -0.2) is 13.1 Å². The van der Waals surface area contributed by atoms with Crippen LogP contribution in [-0.2, 0) is 26.1 Å². The molecule has 0 radical (unpaired) electrons. The molecule has 0 saturated heterocycles. The normalized spacial score (nSPS) is 10.8. The molecule has 20 heavy (non-hydrogen) atoms. The Hall–Kier alpha value is -1.91. The van der Waals surface area contributed by atoms with Crippen LogP contribution in [0.1, 0.15) is 24.5 Å². The fourth-order valence-corrected chi connectivity index (χ4v) is 2.38. The van der Waals surface area contributed by atoms with Gasteiger partial charge in [-0.2, -0.15) is 5.26 Å². The van der Waals surface area contributed by atoms with Gasteiger partial charge in [0.15, 0.2) is 0 Å². The van der Waals surface area contributed by atoms with Gasteiger partial charge in [-0.1, -0.05) is 12.1 Å². The van der Waals surface area contributed by atoms with Gasteiger partial charge in [-0.05, 0) is 24.6 Å². The van der Waals surface area contributed by atoms with Crippen molar-refractivity contribution < 1.29 is 17.9 Å². The largest absolute Gasteiger partial charge is 0.466 e. The van der Waals surface area contributed by atoms with E-state index in [1.165, 1.54) is 0 Å². The summed E-state index contributed by atoms with van der Waals surface area (Å²) in [6, 6.07) is 8.55. The number of nitriles is 1. The van der Waals surface area contributed by atoms with Crippen LogP contribution in [0.15, 0.2) is 24.3 Å². The van der Waals surface area contributed by atoms with E-state index in [1.807, 2.05) is 6.07 Å². The van der Waals surface area contributed by atoms with Gasteiger partial charge >= 0.3 is 5.97 Å². The number of ether oxygens (including phenoxy) is 1. The van der Waals surface area contributed by atoms with Crippen LogP contribution in [0.3, 0.4) is 0 Å². The molecule has 0 fully saturated rings. The summed E-state index contributed by atoms with van der Waals surface area (Å²) in [6.07, 6.45) is -0.170. The molecular formula is C13H16N2O4S. The average Bonchev–Trinajstić information content (AvgIpc) is 2.44. The predicted molar refractivity (Wildman–Crippen MR) is 73.0 cm³/mol. The highest BCUT2D eigenvalue weighted by molar-refractivity contribution is 7.89. The molecule has 1 rings (SSSR count). The van der Waals surface area contributed by atoms with E-state index < -0.39 is 16.0 Å². The number of benzene rings is 1. The van der Waals surface area contributed by atoms with Gasteiger partial charge in [-0.3, -0.25) is 4.79 Å². The van der Waals surface area contributed by atoms with Crippen molar-refractivity contribution in [1.29, 1.82) is 5.26 Å². The van der Waals surface area contributed by atoms with E-state index in [1.54, 1.807) is 31.2 Å². The summed E-state index contributed by atoms with van der Waals surface area (Å²) in [5, 5.41) is 8.65. The Kier molecular flexibility index (Phi) is 6.15. The number of nitrogens with zero attached hydrogens (tertiary/aromatic N) is 1. The molecule has 7 heteroatoms. The van der Waals surface area contributed by atoms with Crippen molar-refractivity contribution in [2.24, 2.45) is 0 Å². The minimum Gasteiger partial charge on any atom is -0.466 e. The van der Waals surface area contributed by atoms with Crippen molar-refractivity contribution in [3.05, 3.63) is 35.4 Å². The first kappa shape index (κ1) is 16.1. The molecule has 0 amide bonds. The van der Waals surface area contributed by atoms with Gasteiger partial charge in [0.25, 0.3) is 0 Å². The van der Waals surface area contributed by atoms with E-state index in [0.29, 0.717) is 5.56 Å². The highest BCUT2D eigenvalue weighted by atomic mass is 32.2. The zero-order chi connectivity index (χ0) is 15.0. The summed E-state index contributed by atoms with van der Waals surface area (Å²) >= 11 is 0. The third kappa shape index (κ3) is 5.82. The SMILES string of the molecule is CCOC(=O)CCS(=O)(=O)NCc1ccc(C#N)cc1. The summed E-state index contributed by atoms with van der Waals surface area (Å²) in [4.78, 5) is 11.1. The van der Waals surface area contributed by atoms with Gasteiger partial charge in [0.2, 0.25) is 10.0 Å². The highest BCUT2D eigenvalue weighted by Crippen LogP contribution is 2.04. The summed E-state index contributed by atoms with van der Waals surface area (Å²) in [6.45, 7) is 2.02. The van der Waals surface area contributed by atoms with Gasteiger partial charge in [0.1, 0.15) is 0 Å². The number of carbonyl (C=O) groups is 1. The topological polar surface area (TPSA) is 96.3 Å². The lowest BCUT2D eigenvalue weighted by Gasteiger charge is -2.06. The van der Waals surface area contributed by atoms with Crippen LogP contribution in [0.25, 0.3) is 0 Å². The van der Waals surface area contributed by atoms with E-state index in [9.17, 15) is 13.2 Å². The number of sulfonamides is 1. The Labute approximate surface area is 118 Å². The van der Waals surface area contributed by atoms with Crippen LogP contribution < -0.4 is 4.72 Å². The third-order valence-electron chi connectivity index (χ3n) is 2.46. The Balaban J connectivity index is 2.46. The number of nitrogens with one attached hydrogen (secondary N) is 1. The zero-order valence-electron chi connectivity index (χ0n) is 11.1. The molecule has 0 heterocycles. The van der Waals surface area contributed by atoms with E-state index >= 15 is 0 Å². The maximum atomic E-state index is 11.7. The molecule has 0 unspecified atom stereocenters. The Morgan fingerprint density at radius 2 is 2.00 bits per heavy atom. The molecule has 0 bridgehead atoms. The van der Waals surface area contributed by atoms with Crippen LogP contribution in [-0.4, -0.2) is 26.7 Å². The Morgan fingerprint density at radius 1 is 1.35 bits per heavy atom. The molecule has 0 atom stereocenters. The first-order valence-corrected chi connectivity index (χ1v) is 7.74. The summed E-state index contributed by atoms with van der Waals surface area (Å²) in [7, 11) is -3.52. The maximum Gasteiger partial charge on any atom is 0.306 e. The van der Waals surface area contributed by atoms with Crippen molar-refractivity contribution in [2.75, 3.05) is 12.4 Å². The second-order valence-electron chi connectivity index (χ2n) is 4.00. The molecule has 1 N–H and O–H groups in total. The minimum absolute atomic E-state index is 0.122. The number of rotatable bonds is 7. The van der Waals surface area contributed by atoms with Crippen LogP contribution in [0, 0.1) is 11.3 Å². The Bertz CT molecular complexity index is 588. The second-order valence-corrected chi connectivity index (χ2v) is 5.93. The molecule has 0 aromatic heterocycles. The molecule has 1 aromatic rings. The highest BCUT2D eigenvalue weighted by Gasteiger charge is 2.13. The monoisotopic (exact) mass is 296 g/mol. The molecule has 0 spiro atoms. The van der Waals surface area contributed by atoms with Crippen LogP contribution in [0.4, 0.5) is 0 Å². The lowest BCUT2D eigenvalue weighted by molar-refractivity contribution is -0.142. The van der Waals surface area contributed by atoms with Crippen molar-refractivity contribution >= 4 is 16.0 Å². The van der Waals surface area contributed by atoms with E-state index in [2.05, 4.69) is 9.46 Å². The predicted octanol–water partition coefficient (Wildman–Crippen LogP) is 0.931. The van der Waals surface area contributed by atoms with E-state index in [0.717, 1.165) is 5.56 Å². The first-order valence-electron chi connectivity index (χ1n) is 6.09. The van der Waals surface area contributed by atoms with Crippen molar-refractivity contribution in [3.8, 4) is 6.07 Å². The number of esters is 1. The molecule has 1 aromatic carbocycles. The van der Waals surface area contributed by atoms with Crippen molar-refractivity contribution in [3.63, 3.8) is 0 Å². The lowest BCUT2D eigenvalue weighted by atomic mass is 10.1. The molecule has 0 aliphatic carbocycles. The molecule has 6 nitrogen and oxygen atoms in total. The fourth-order valence-electron chi connectivity index (χ4n) is 1.41. The van der Waals surface area contributed by atoms with E-state index in [-0.39, 0.29) is 25.3 Å². The maximum absolute atomic E-state index is 11.7. The lowest BCUT2D eigenvalue weighted by Crippen LogP contribution is -2.27. The number of hydrogen-bond donors (Lipinski definition) is 1. The minimum atomic E-state index is -3.52. The van der Waals surface area contributed by atoms with Gasteiger partial charge in [0, 0.05) is 6.54 Å². The second kappa shape index (κ2) is 7.62. The standard InChI is InChI=1S/C13H16N2O4S/c1-2-19-13(16)7-8-20(17,18)15-10-12-5-3-11(9-14)4-6-12/h3-6,15H,2,7-8,10H2,1H3. The zero-order valence-corrected chi connectivity index (χ0v) is 11.9. The molecule has 0 saturated carbocycles. The molecule has 0 aliphatic rings. The van der Waals surface area contributed by atoms with Gasteiger partial charge in [0.05, 0.1) is 30.4 Å². The fraction of sp³-hybridized carbons (Fsp3) is 0.385. The van der Waals surface area contributed by atoms with Crippen LogP contribution >= 0.6 is 0 Å². The molecule has 0 aliphatic heterocycles. The third-order valence-corrected chi connectivity index (χ3v) is 3.79. The first-order chi connectivity index (χ1) is 9.46. The summed E-state index contributed by atoms with van der Waals surface area (Å²) in [5.41, 5.74) is 1.25. The van der Waals surface area contributed by atoms with E-state index in [4.69, 9.17) is 5.26 Å². The summed E-state index contributed by atoms with van der Waals surface area (Å²) in [5.74, 6) is -0.835. The number of carbonyl (C=O) groups excluding carboxylic acids is 1. The van der Waals surface area contributed by atoms with Crippen molar-refractivity contribution in [2.45, 2.75) is 19.9 Å². The number of hydrogen-bond acceptors (Lipinski definition) is 5. The van der Waals surface area contributed by atoms with Gasteiger partial charge < -0.3 is 4.74 Å². The van der Waals surface area contributed by atoms with Gasteiger partial charge in [-0.15, -0.1) is 0 Å². The smallest absolute Gasteiger partial charge is 0.306 e.